The SMILES string of the molecule is CCNCc1cccc(Br)c1OCC1CCCC1. The van der Waals surface area contributed by atoms with E-state index in [1.54, 1.807) is 0 Å². The van der Waals surface area contributed by atoms with E-state index in [4.69, 9.17) is 4.74 Å². The average Bonchev–Trinajstić information content (AvgIpc) is 2.88. The fraction of sp³-hybridized carbons (Fsp3) is 0.600. The lowest BCUT2D eigenvalue weighted by Gasteiger charge is -2.16. The van der Waals surface area contributed by atoms with Gasteiger partial charge in [0.1, 0.15) is 5.75 Å². The zero-order chi connectivity index (χ0) is 12.8. The Morgan fingerprint density at radius 1 is 1.33 bits per heavy atom. The first-order valence-corrected chi connectivity index (χ1v) is 7.71. The Kier molecular flexibility index (Phi) is 5.51. The van der Waals surface area contributed by atoms with Gasteiger partial charge in [-0.25, -0.2) is 0 Å². The summed E-state index contributed by atoms with van der Waals surface area (Å²) in [5.41, 5.74) is 1.24. The summed E-state index contributed by atoms with van der Waals surface area (Å²) >= 11 is 3.60. The van der Waals surface area contributed by atoms with E-state index in [0.29, 0.717) is 0 Å². The Bertz CT molecular complexity index is 375. The summed E-state index contributed by atoms with van der Waals surface area (Å²) in [7, 11) is 0. The number of hydrogen-bond acceptors (Lipinski definition) is 2. The maximum Gasteiger partial charge on any atom is 0.137 e. The summed E-state index contributed by atoms with van der Waals surface area (Å²) in [5, 5.41) is 3.36. The lowest BCUT2D eigenvalue weighted by atomic mass is 10.1. The predicted molar refractivity (Wildman–Crippen MR) is 79.0 cm³/mol. The van der Waals surface area contributed by atoms with Crippen molar-refractivity contribution in [3.05, 3.63) is 28.2 Å². The lowest BCUT2D eigenvalue weighted by molar-refractivity contribution is 0.248. The second-order valence-electron chi connectivity index (χ2n) is 4.97. The van der Waals surface area contributed by atoms with Crippen molar-refractivity contribution in [3.63, 3.8) is 0 Å². The molecule has 1 fully saturated rings. The standard InChI is InChI=1S/C15H22BrNO/c1-2-17-10-13-8-5-9-14(16)15(13)18-11-12-6-3-4-7-12/h5,8-9,12,17H,2-4,6-7,10-11H2,1H3. The summed E-state index contributed by atoms with van der Waals surface area (Å²) in [6.45, 7) is 4.84. The van der Waals surface area contributed by atoms with Crippen LogP contribution in [-0.4, -0.2) is 13.2 Å². The van der Waals surface area contributed by atoms with Crippen LogP contribution in [-0.2, 0) is 6.54 Å². The van der Waals surface area contributed by atoms with Crippen LogP contribution in [0, 0.1) is 5.92 Å². The number of para-hydroxylation sites is 1. The minimum absolute atomic E-state index is 0.754. The number of rotatable bonds is 6. The smallest absolute Gasteiger partial charge is 0.137 e. The van der Waals surface area contributed by atoms with Crippen molar-refractivity contribution in [1.29, 1.82) is 0 Å². The van der Waals surface area contributed by atoms with Crippen LogP contribution in [0.25, 0.3) is 0 Å². The minimum Gasteiger partial charge on any atom is -0.492 e. The van der Waals surface area contributed by atoms with Gasteiger partial charge in [-0.15, -0.1) is 0 Å². The first-order valence-electron chi connectivity index (χ1n) is 6.92. The van der Waals surface area contributed by atoms with E-state index in [1.165, 1.54) is 31.2 Å². The van der Waals surface area contributed by atoms with E-state index in [9.17, 15) is 0 Å². The third-order valence-corrected chi connectivity index (χ3v) is 4.18. The fourth-order valence-electron chi connectivity index (χ4n) is 2.49. The number of hydrogen-bond donors (Lipinski definition) is 1. The molecule has 0 spiro atoms. The minimum atomic E-state index is 0.754. The van der Waals surface area contributed by atoms with Crippen molar-refractivity contribution >= 4 is 15.9 Å². The maximum absolute atomic E-state index is 6.06. The predicted octanol–water partition coefficient (Wildman–Crippen LogP) is 4.13. The molecule has 0 aliphatic heterocycles. The molecule has 0 unspecified atom stereocenters. The summed E-state index contributed by atoms with van der Waals surface area (Å²) < 4.78 is 7.13. The van der Waals surface area contributed by atoms with Crippen LogP contribution in [0.1, 0.15) is 38.2 Å². The Hall–Kier alpha value is -0.540. The number of ether oxygens (including phenoxy) is 1. The fourth-order valence-corrected chi connectivity index (χ4v) is 3.01. The van der Waals surface area contributed by atoms with E-state index >= 15 is 0 Å². The quantitative estimate of drug-likeness (QED) is 0.853. The normalized spacial score (nSPS) is 16.1. The van der Waals surface area contributed by atoms with Gasteiger partial charge in [-0.2, -0.15) is 0 Å². The number of benzene rings is 1. The van der Waals surface area contributed by atoms with Crippen molar-refractivity contribution in [2.45, 2.75) is 39.2 Å². The molecule has 100 valence electrons. The highest BCUT2D eigenvalue weighted by Crippen LogP contribution is 2.31. The molecule has 0 radical (unpaired) electrons. The molecule has 1 aromatic rings. The van der Waals surface area contributed by atoms with Gasteiger partial charge in [0.25, 0.3) is 0 Å². The van der Waals surface area contributed by atoms with Crippen LogP contribution < -0.4 is 10.1 Å². The molecule has 0 bridgehead atoms. The number of halogens is 1. The summed E-state index contributed by atoms with van der Waals surface area (Å²) in [5.74, 6) is 1.77. The highest BCUT2D eigenvalue weighted by atomic mass is 79.9. The molecule has 0 atom stereocenters. The average molecular weight is 312 g/mol. The molecule has 1 aromatic carbocycles. The highest BCUT2D eigenvalue weighted by Gasteiger charge is 2.17. The Labute approximate surface area is 118 Å². The molecule has 2 nitrogen and oxygen atoms in total. The van der Waals surface area contributed by atoms with Gasteiger partial charge in [0.05, 0.1) is 11.1 Å². The Morgan fingerprint density at radius 2 is 2.11 bits per heavy atom. The third-order valence-electron chi connectivity index (χ3n) is 3.55. The first kappa shape index (κ1) is 13.9. The van der Waals surface area contributed by atoms with Crippen molar-refractivity contribution in [2.24, 2.45) is 5.92 Å². The molecule has 3 heteroatoms. The van der Waals surface area contributed by atoms with Crippen molar-refractivity contribution in [1.82, 2.24) is 5.32 Å². The molecule has 18 heavy (non-hydrogen) atoms. The van der Waals surface area contributed by atoms with Gasteiger partial charge in [-0.05, 0) is 47.3 Å². The monoisotopic (exact) mass is 311 g/mol. The van der Waals surface area contributed by atoms with Crippen LogP contribution in [0.4, 0.5) is 0 Å². The van der Waals surface area contributed by atoms with Crippen LogP contribution in [0.2, 0.25) is 0 Å². The van der Waals surface area contributed by atoms with Crippen LogP contribution in [0.15, 0.2) is 22.7 Å². The molecule has 1 saturated carbocycles. The van der Waals surface area contributed by atoms with Gasteiger partial charge in [-0.3, -0.25) is 0 Å². The highest BCUT2D eigenvalue weighted by molar-refractivity contribution is 9.10. The van der Waals surface area contributed by atoms with Crippen LogP contribution in [0.3, 0.4) is 0 Å². The van der Waals surface area contributed by atoms with Crippen molar-refractivity contribution < 1.29 is 4.74 Å². The van der Waals surface area contributed by atoms with Gasteiger partial charge in [0.15, 0.2) is 0 Å². The largest absolute Gasteiger partial charge is 0.492 e. The van der Waals surface area contributed by atoms with Gasteiger partial charge in [-0.1, -0.05) is 31.9 Å². The molecule has 1 aliphatic carbocycles. The second kappa shape index (κ2) is 7.15. The van der Waals surface area contributed by atoms with Crippen LogP contribution >= 0.6 is 15.9 Å². The number of nitrogens with one attached hydrogen (secondary N) is 1. The lowest BCUT2D eigenvalue weighted by Crippen LogP contribution is -2.14. The van der Waals surface area contributed by atoms with E-state index < -0.39 is 0 Å². The van der Waals surface area contributed by atoms with Crippen LogP contribution in [0.5, 0.6) is 5.75 Å². The second-order valence-corrected chi connectivity index (χ2v) is 5.82. The molecule has 0 amide bonds. The third kappa shape index (κ3) is 3.72. The first-order chi connectivity index (χ1) is 8.81. The zero-order valence-electron chi connectivity index (χ0n) is 11.0. The molecular weight excluding hydrogens is 290 g/mol. The Balaban J connectivity index is 1.99. The zero-order valence-corrected chi connectivity index (χ0v) is 12.6. The van der Waals surface area contributed by atoms with Crippen molar-refractivity contribution in [3.8, 4) is 5.75 Å². The summed E-state index contributed by atoms with van der Waals surface area (Å²) in [4.78, 5) is 0. The summed E-state index contributed by atoms with van der Waals surface area (Å²) in [6, 6.07) is 6.26. The maximum atomic E-state index is 6.06. The summed E-state index contributed by atoms with van der Waals surface area (Å²) in [6.07, 6.45) is 5.39. The van der Waals surface area contributed by atoms with E-state index in [1.807, 2.05) is 0 Å². The molecule has 1 aliphatic rings. The van der Waals surface area contributed by atoms with E-state index in [-0.39, 0.29) is 0 Å². The van der Waals surface area contributed by atoms with E-state index in [0.717, 1.165) is 35.8 Å². The van der Waals surface area contributed by atoms with Gasteiger partial charge in [0, 0.05) is 12.1 Å². The van der Waals surface area contributed by atoms with Crippen molar-refractivity contribution in [2.75, 3.05) is 13.2 Å². The molecular formula is C15H22BrNO. The van der Waals surface area contributed by atoms with E-state index in [2.05, 4.69) is 46.4 Å². The molecule has 2 rings (SSSR count). The van der Waals surface area contributed by atoms with Gasteiger partial charge < -0.3 is 10.1 Å². The van der Waals surface area contributed by atoms with Gasteiger partial charge in [0.2, 0.25) is 0 Å². The van der Waals surface area contributed by atoms with Gasteiger partial charge >= 0.3 is 0 Å². The topological polar surface area (TPSA) is 21.3 Å². The molecule has 1 N–H and O–H groups in total. The molecule has 0 saturated heterocycles. The molecule has 0 aromatic heterocycles. The Morgan fingerprint density at radius 3 is 2.83 bits per heavy atom. The molecule has 0 heterocycles.